The zero-order chi connectivity index (χ0) is 13.9. The van der Waals surface area contributed by atoms with Crippen molar-refractivity contribution in [3.8, 4) is 0 Å². The van der Waals surface area contributed by atoms with Crippen molar-refractivity contribution in [1.82, 2.24) is 5.32 Å². The van der Waals surface area contributed by atoms with E-state index >= 15 is 0 Å². The Kier molecular flexibility index (Phi) is 4.34. The van der Waals surface area contributed by atoms with Gasteiger partial charge in [-0.15, -0.1) is 0 Å². The molecule has 0 bridgehead atoms. The first-order valence-electron chi connectivity index (χ1n) is 5.24. The average Bonchev–Trinajstić information content (AvgIpc) is 2.30. The van der Waals surface area contributed by atoms with Crippen LogP contribution in [-0.2, 0) is 9.53 Å². The number of anilines is 1. The second kappa shape index (κ2) is 5.39. The minimum Gasteiger partial charge on any atom is -0.467 e. The van der Waals surface area contributed by atoms with Crippen molar-refractivity contribution < 1.29 is 14.3 Å². The van der Waals surface area contributed by atoms with Crippen LogP contribution in [-0.4, -0.2) is 24.5 Å². The second-order valence-corrected chi connectivity index (χ2v) is 5.16. The van der Waals surface area contributed by atoms with Crippen LogP contribution in [0.2, 0.25) is 0 Å². The molecular weight excluding hydrogens is 300 g/mol. The van der Waals surface area contributed by atoms with Crippen molar-refractivity contribution in [2.75, 3.05) is 12.8 Å². The van der Waals surface area contributed by atoms with Gasteiger partial charge < -0.3 is 15.8 Å². The first-order valence-corrected chi connectivity index (χ1v) is 6.03. The molecule has 0 spiro atoms. The van der Waals surface area contributed by atoms with E-state index in [1.165, 1.54) is 13.2 Å². The van der Waals surface area contributed by atoms with E-state index in [9.17, 15) is 9.59 Å². The third-order valence-electron chi connectivity index (χ3n) is 2.38. The van der Waals surface area contributed by atoms with E-state index in [1.807, 2.05) is 0 Å². The van der Waals surface area contributed by atoms with E-state index in [0.717, 1.165) is 0 Å². The molecule has 0 aliphatic heterocycles. The van der Waals surface area contributed by atoms with Gasteiger partial charge in [0.25, 0.3) is 5.91 Å². The molecule has 3 N–H and O–H groups in total. The van der Waals surface area contributed by atoms with Crippen LogP contribution in [0.15, 0.2) is 22.7 Å². The number of nitrogens with two attached hydrogens (primary N) is 1. The Morgan fingerprint density at radius 3 is 2.50 bits per heavy atom. The number of nitrogen functional groups attached to an aromatic ring is 1. The zero-order valence-electron chi connectivity index (χ0n) is 10.4. The molecule has 0 fully saturated rings. The summed E-state index contributed by atoms with van der Waals surface area (Å²) in [6, 6.07) is 4.82. The van der Waals surface area contributed by atoms with Crippen molar-refractivity contribution in [3.05, 3.63) is 28.2 Å². The van der Waals surface area contributed by atoms with Gasteiger partial charge in [-0.05, 0) is 48.0 Å². The first kappa shape index (κ1) is 14.5. The number of rotatable bonds is 3. The molecule has 5 nitrogen and oxygen atoms in total. The summed E-state index contributed by atoms with van der Waals surface area (Å²) in [5.41, 5.74) is 5.44. The van der Waals surface area contributed by atoms with Gasteiger partial charge in [0, 0.05) is 15.7 Å². The maximum Gasteiger partial charge on any atom is 0.330 e. The SMILES string of the molecule is COC(=O)C(C)(C)NC(=O)c1ccc(Br)c(N)c1. The molecule has 0 atom stereocenters. The minimum absolute atomic E-state index is 0.382. The molecule has 6 heteroatoms. The summed E-state index contributed by atoms with van der Waals surface area (Å²) >= 11 is 3.24. The Bertz CT molecular complexity index is 486. The van der Waals surface area contributed by atoms with Crippen LogP contribution in [0.3, 0.4) is 0 Å². The van der Waals surface area contributed by atoms with Crippen LogP contribution >= 0.6 is 15.9 Å². The summed E-state index contributed by atoms with van der Waals surface area (Å²) in [6.07, 6.45) is 0. The van der Waals surface area contributed by atoms with Crippen molar-refractivity contribution in [1.29, 1.82) is 0 Å². The molecule has 98 valence electrons. The quantitative estimate of drug-likeness (QED) is 0.657. The normalized spacial score (nSPS) is 10.9. The number of benzene rings is 1. The maximum absolute atomic E-state index is 12.0. The van der Waals surface area contributed by atoms with E-state index < -0.39 is 11.5 Å². The van der Waals surface area contributed by atoms with Crippen LogP contribution in [0.5, 0.6) is 0 Å². The molecule has 0 saturated carbocycles. The summed E-state index contributed by atoms with van der Waals surface area (Å²) in [4.78, 5) is 23.4. The summed E-state index contributed by atoms with van der Waals surface area (Å²) in [6.45, 7) is 3.14. The highest BCUT2D eigenvalue weighted by atomic mass is 79.9. The highest BCUT2D eigenvalue weighted by molar-refractivity contribution is 9.10. The van der Waals surface area contributed by atoms with E-state index in [-0.39, 0.29) is 5.91 Å². The molecule has 0 radical (unpaired) electrons. The van der Waals surface area contributed by atoms with Gasteiger partial charge >= 0.3 is 5.97 Å². The third-order valence-corrected chi connectivity index (χ3v) is 3.10. The summed E-state index contributed by atoms with van der Waals surface area (Å²) in [5, 5.41) is 2.59. The number of nitrogens with one attached hydrogen (secondary N) is 1. The Morgan fingerprint density at radius 1 is 1.39 bits per heavy atom. The van der Waals surface area contributed by atoms with Crippen molar-refractivity contribution >= 4 is 33.5 Å². The lowest BCUT2D eigenvalue weighted by atomic mass is 10.0. The Morgan fingerprint density at radius 2 is 2.00 bits per heavy atom. The predicted octanol–water partition coefficient (Wildman–Crippen LogP) is 1.71. The summed E-state index contributed by atoms with van der Waals surface area (Å²) < 4.78 is 5.32. The number of esters is 1. The molecule has 1 aromatic carbocycles. The number of carbonyl (C=O) groups excluding carboxylic acids is 2. The molecule has 0 aromatic heterocycles. The zero-order valence-corrected chi connectivity index (χ0v) is 12.0. The summed E-state index contributed by atoms with van der Waals surface area (Å²) in [5.74, 6) is -0.898. The summed E-state index contributed by atoms with van der Waals surface area (Å²) in [7, 11) is 1.27. The largest absolute Gasteiger partial charge is 0.467 e. The second-order valence-electron chi connectivity index (χ2n) is 4.31. The van der Waals surface area contributed by atoms with E-state index in [0.29, 0.717) is 15.7 Å². The number of hydrogen-bond donors (Lipinski definition) is 2. The Labute approximate surface area is 114 Å². The molecule has 0 heterocycles. The fourth-order valence-corrected chi connectivity index (χ4v) is 1.59. The van der Waals surface area contributed by atoms with Gasteiger partial charge in [-0.25, -0.2) is 4.79 Å². The van der Waals surface area contributed by atoms with E-state index in [1.54, 1.807) is 26.0 Å². The number of methoxy groups -OCH3 is 1. The topological polar surface area (TPSA) is 81.4 Å². The molecule has 18 heavy (non-hydrogen) atoms. The highest BCUT2D eigenvalue weighted by Crippen LogP contribution is 2.20. The smallest absolute Gasteiger partial charge is 0.330 e. The monoisotopic (exact) mass is 314 g/mol. The molecule has 0 saturated heterocycles. The predicted molar refractivity (Wildman–Crippen MR) is 72.1 cm³/mol. The van der Waals surface area contributed by atoms with E-state index in [2.05, 4.69) is 26.0 Å². The Balaban J connectivity index is 2.89. The maximum atomic E-state index is 12.0. The van der Waals surface area contributed by atoms with Crippen LogP contribution in [0.4, 0.5) is 5.69 Å². The fourth-order valence-electron chi connectivity index (χ4n) is 1.35. The average molecular weight is 315 g/mol. The lowest BCUT2D eigenvalue weighted by Crippen LogP contribution is -2.50. The van der Waals surface area contributed by atoms with Gasteiger partial charge in [0.2, 0.25) is 0 Å². The number of carbonyl (C=O) groups is 2. The molecule has 0 aliphatic carbocycles. The Hall–Kier alpha value is -1.56. The lowest BCUT2D eigenvalue weighted by molar-refractivity contribution is -0.146. The van der Waals surface area contributed by atoms with E-state index in [4.69, 9.17) is 5.73 Å². The molecular formula is C12H15BrN2O3. The van der Waals surface area contributed by atoms with Gasteiger partial charge in [0.1, 0.15) is 5.54 Å². The van der Waals surface area contributed by atoms with Crippen LogP contribution in [0, 0.1) is 0 Å². The lowest BCUT2D eigenvalue weighted by Gasteiger charge is -2.23. The molecule has 0 unspecified atom stereocenters. The molecule has 1 amide bonds. The van der Waals surface area contributed by atoms with Gasteiger partial charge in [0.05, 0.1) is 7.11 Å². The standard InChI is InChI=1S/C12H15BrN2O3/c1-12(2,11(17)18-3)15-10(16)7-4-5-8(13)9(14)6-7/h4-6H,14H2,1-3H3,(H,15,16). The number of halogens is 1. The fraction of sp³-hybridized carbons (Fsp3) is 0.333. The molecule has 1 aromatic rings. The van der Waals surface area contributed by atoms with Crippen LogP contribution < -0.4 is 11.1 Å². The highest BCUT2D eigenvalue weighted by Gasteiger charge is 2.30. The van der Waals surface area contributed by atoms with Gasteiger partial charge in [0.15, 0.2) is 0 Å². The van der Waals surface area contributed by atoms with Gasteiger partial charge in [-0.1, -0.05) is 0 Å². The molecule has 0 aliphatic rings. The van der Waals surface area contributed by atoms with Crippen molar-refractivity contribution in [2.45, 2.75) is 19.4 Å². The van der Waals surface area contributed by atoms with Crippen LogP contribution in [0.1, 0.15) is 24.2 Å². The van der Waals surface area contributed by atoms with Gasteiger partial charge in [-0.2, -0.15) is 0 Å². The number of amides is 1. The number of hydrogen-bond acceptors (Lipinski definition) is 4. The van der Waals surface area contributed by atoms with Crippen molar-refractivity contribution in [2.24, 2.45) is 0 Å². The van der Waals surface area contributed by atoms with Crippen LogP contribution in [0.25, 0.3) is 0 Å². The first-order chi connectivity index (χ1) is 8.27. The third kappa shape index (κ3) is 3.22. The minimum atomic E-state index is -1.09. The molecule has 1 rings (SSSR count). The van der Waals surface area contributed by atoms with Crippen molar-refractivity contribution in [3.63, 3.8) is 0 Å². The van der Waals surface area contributed by atoms with Gasteiger partial charge in [-0.3, -0.25) is 4.79 Å². The number of ether oxygens (including phenoxy) is 1.